The number of carbonyl (C=O) groups is 1. The van der Waals surface area contributed by atoms with E-state index in [-0.39, 0.29) is 13.2 Å². The first kappa shape index (κ1) is 11.7. The minimum Gasteiger partial charge on any atom is -0.464 e. The van der Waals surface area contributed by atoms with Crippen molar-refractivity contribution in [3.05, 3.63) is 23.9 Å². The van der Waals surface area contributed by atoms with Gasteiger partial charge in [0.15, 0.2) is 0 Å². The summed E-state index contributed by atoms with van der Waals surface area (Å²) >= 11 is 0. The van der Waals surface area contributed by atoms with Gasteiger partial charge in [-0.25, -0.2) is 4.79 Å². The third kappa shape index (κ3) is 3.07. The van der Waals surface area contributed by atoms with Crippen molar-refractivity contribution in [3.63, 3.8) is 0 Å². The van der Waals surface area contributed by atoms with Crippen LogP contribution in [0.4, 0.5) is 0 Å². The molecule has 0 aromatic rings. The zero-order valence-corrected chi connectivity index (χ0v) is 8.48. The normalized spacial score (nSPS) is 24.8. The van der Waals surface area contributed by atoms with E-state index in [1.54, 1.807) is 18.2 Å². The summed E-state index contributed by atoms with van der Waals surface area (Å²) in [6, 6.07) is 0. The molecule has 0 aliphatic heterocycles. The van der Waals surface area contributed by atoms with Crippen LogP contribution >= 0.6 is 0 Å². The van der Waals surface area contributed by atoms with Crippen molar-refractivity contribution in [2.45, 2.75) is 18.4 Å². The van der Waals surface area contributed by atoms with Gasteiger partial charge in [0.2, 0.25) is 0 Å². The zero-order chi connectivity index (χ0) is 11.3. The van der Waals surface area contributed by atoms with Crippen LogP contribution in [0.3, 0.4) is 0 Å². The molecule has 5 heteroatoms. The lowest BCUT2D eigenvalue weighted by Gasteiger charge is -2.24. The average Bonchev–Trinajstić information content (AvgIpc) is 2.23. The maximum atomic E-state index is 11.6. The van der Waals surface area contributed by atoms with Crippen LogP contribution in [-0.2, 0) is 9.53 Å². The van der Waals surface area contributed by atoms with Gasteiger partial charge in [-0.05, 0) is 6.08 Å². The molecule has 15 heavy (non-hydrogen) atoms. The van der Waals surface area contributed by atoms with E-state index in [0.29, 0.717) is 18.5 Å². The van der Waals surface area contributed by atoms with E-state index in [1.165, 1.54) is 0 Å². The lowest BCUT2D eigenvalue weighted by Crippen LogP contribution is -2.48. The highest BCUT2D eigenvalue weighted by Gasteiger charge is 2.33. The van der Waals surface area contributed by atoms with Crippen LogP contribution < -0.4 is 11.5 Å². The number of esters is 1. The zero-order valence-electron chi connectivity index (χ0n) is 8.48. The van der Waals surface area contributed by atoms with Crippen molar-refractivity contribution in [2.24, 2.45) is 11.5 Å². The van der Waals surface area contributed by atoms with Gasteiger partial charge in [0.05, 0.1) is 6.61 Å². The SMILES string of the molecule is NC1=CCC(N)(C(=O)OCCCO)C=C1. The Kier molecular flexibility index (Phi) is 3.88. The van der Waals surface area contributed by atoms with E-state index < -0.39 is 11.5 Å². The number of hydrogen-bond donors (Lipinski definition) is 3. The van der Waals surface area contributed by atoms with Gasteiger partial charge in [-0.3, -0.25) is 0 Å². The van der Waals surface area contributed by atoms with Crippen molar-refractivity contribution in [1.29, 1.82) is 0 Å². The molecule has 0 heterocycles. The number of hydrogen-bond acceptors (Lipinski definition) is 5. The molecule has 0 bridgehead atoms. The first-order valence-corrected chi connectivity index (χ1v) is 4.80. The second kappa shape index (κ2) is 4.95. The number of allylic oxidation sites excluding steroid dienone is 1. The van der Waals surface area contributed by atoms with Crippen molar-refractivity contribution in [1.82, 2.24) is 0 Å². The Morgan fingerprint density at radius 2 is 2.40 bits per heavy atom. The number of carbonyl (C=O) groups excluding carboxylic acids is 1. The van der Waals surface area contributed by atoms with Gasteiger partial charge in [0.1, 0.15) is 5.54 Å². The largest absolute Gasteiger partial charge is 0.464 e. The highest BCUT2D eigenvalue weighted by molar-refractivity contribution is 5.84. The molecule has 5 nitrogen and oxygen atoms in total. The average molecular weight is 212 g/mol. The lowest BCUT2D eigenvalue weighted by atomic mass is 9.92. The number of aliphatic hydroxyl groups is 1. The van der Waals surface area contributed by atoms with E-state index in [1.807, 2.05) is 0 Å². The molecule has 0 saturated carbocycles. The van der Waals surface area contributed by atoms with Crippen molar-refractivity contribution >= 4 is 5.97 Å². The van der Waals surface area contributed by atoms with Crippen LogP contribution in [-0.4, -0.2) is 29.8 Å². The molecule has 1 aliphatic carbocycles. The van der Waals surface area contributed by atoms with Crippen LogP contribution in [0, 0.1) is 0 Å². The molecule has 1 unspecified atom stereocenters. The first-order valence-electron chi connectivity index (χ1n) is 4.80. The van der Waals surface area contributed by atoms with Gasteiger partial charge < -0.3 is 21.3 Å². The summed E-state index contributed by atoms with van der Waals surface area (Å²) < 4.78 is 4.91. The quantitative estimate of drug-likeness (QED) is 0.427. The lowest BCUT2D eigenvalue weighted by molar-refractivity contribution is -0.148. The van der Waals surface area contributed by atoms with Gasteiger partial charge >= 0.3 is 5.97 Å². The molecule has 1 atom stereocenters. The summed E-state index contributed by atoms with van der Waals surface area (Å²) in [6.07, 6.45) is 5.59. The first-order chi connectivity index (χ1) is 7.08. The second-order valence-electron chi connectivity index (χ2n) is 3.50. The molecule has 1 rings (SSSR count). The second-order valence-corrected chi connectivity index (χ2v) is 3.50. The maximum absolute atomic E-state index is 11.6. The summed E-state index contributed by atoms with van der Waals surface area (Å²) in [5.41, 5.74) is 10.8. The van der Waals surface area contributed by atoms with Crippen molar-refractivity contribution in [3.8, 4) is 0 Å². The molecule has 0 fully saturated rings. The Labute approximate surface area is 88.4 Å². The Morgan fingerprint density at radius 3 is 2.93 bits per heavy atom. The standard InChI is InChI=1S/C10H16N2O3/c11-8-2-4-10(12,5-3-8)9(14)15-7-1-6-13/h2-4,13H,1,5-7,11-12H2. The van der Waals surface area contributed by atoms with Gasteiger partial charge in [0.25, 0.3) is 0 Å². The Hall–Kier alpha value is -1.33. The fourth-order valence-electron chi connectivity index (χ4n) is 1.18. The van der Waals surface area contributed by atoms with Crippen LogP contribution in [0.5, 0.6) is 0 Å². The minimum absolute atomic E-state index is 0.00641. The van der Waals surface area contributed by atoms with E-state index in [9.17, 15) is 4.79 Å². The molecular formula is C10H16N2O3. The third-order valence-corrected chi connectivity index (χ3v) is 2.16. The molecule has 84 valence electrons. The van der Waals surface area contributed by atoms with E-state index >= 15 is 0 Å². The molecule has 1 aliphatic rings. The molecule has 0 aromatic carbocycles. The van der Waals surface area contributed by atoms with E-state index in [4.69, 9.17) is 21.3 Å². The fraction of sp³-hybridized carbons (Fsp3) is 0.500. The molecule has 0 radical (unpaired) electrons. The van der Waals surface area contributed by atoms with Gasteiger partial charge in [-0.2, -0.15) is 0 Å². The molecule has 0 saturated heterocycles. The molecule has 0 amide bonds. The number of ether oxygens (including phenoxy) is 1. The van der Waals surface area contributed by atoms with Crippen molar-refractivity contribution < 1.29 is 14.6 Å². The Bertz CT molecular complexity index is 299. The molecule has 5 N–H and O–H groups in total. The van der Waals surface area contributed by atoms with Crippen LogP contribution in [0.15, 0.2) is 23.9 Å². The molecule has 0 spiro atoms. The van der Waals surface area contributed by atoms with Crippen molar-refractivity contribution in [2.75, 3.05) is 13.2 Å². The smallest absolute Gasteiger partial charge is 0.330 e. The van der Waals surface area contributed by atoms with Gasteiger partial charge in [0, 0.05) is 25.1 Å². The van der Waals surface area contributed by atoms with Crippen LogP contribution in [0.2, 0.25) is 0 Å². The minimum atomic E-state index is -1.11. The summed E-state index contributed by atoms with van der Waals surface area (Å²) in [6.45, 7) is 0.175. The predicted octanol–water partition coefficient (Wildman–Crippen LogP) is -0.588. The predicted molar refractivity (Wildman–Crippen MR) is 55.6 cm³/mol. The topological polar surface area (TPSA) is 98.6 Å². The van der Waals surface area contributed by atoms with Crippen LogP contribution in [0.1, 0.15) is 12.8 Å². The third-order valence-electron chi connectivity index (χ3n) is 2.16. The monoisotopic (exact) mass is 212 g/mol. The Morgan fingerprint density at radius 1 is 1.67 bits per heavy atom. The number of nitrogens with two attached hydrogens (primary N) is 2. The van der Waals surface area contributed by atoms with E-state index in [2.05, 4.69) is 0 Å². The summed E-state index contributed by atoms with van der Waals surface area (Å²) in [7, 11) is 0. The fourth-order valence-corrected chi connectivity index (χ4v) is 1.18. The maximum Gasteiger partial charge on any atom is 0.330 e. The van der Waals surface area contributed by atoms with E-state index in [0.717, 1.165) is 0 Å². The number of rotatable bonds is 4. The molecular weight excluding hydrogens is 196 g/mol. The van der Waals surface area contributed by atoms with Gasteiger partial charge in [-0.1, -0.05) is 12.2 Å². The summed E-state index contributed by atoms with van der Waals surface area (Å²) in [5, 5.41) is 8.53. The summed E-state index contributed by atoms with van der Waals surface area (Å²) in [5.74, 6) is -0.490. The molecule has 0 aromatic heterocycles. The number of aliphatic hydroxyl groups excluding tert-OH is 1. The highest BCUT2D eigenvalue weighted by Crippen LogP contribution is 2.18. The van der Waals surface area contributed by atoms with Crippen LogP contribution in [0.25, 0.3) is 0 Å². The van der Waals surface area contributed by atoms with Gasteiger partial charge in [-0.15, -0.1) is 0 Å². The Balaban J connectivity index is 2.49. The summed E-state index contributed by atoms with van der Waals surface area (Å²) in [4.78, 5) is 11.6. The highest BCUT2D eigenvalue weighted by atomic mass is 16.5.